The van der Waals surface area contributed by atoms with Crippen LogP contribution in [-0.2, 0) is 4.79 Å². The van der Waals surface area contributed by atoms with Crippen molar-refractivity contribution in [1.29, 1.82) is 0 Å². The number of rotatable bonds is 3. The number of carboxylic acids is 1. The van der Waals surface area contributed by atoms with E-state index >= 15 is 0 Å². The molecule has 1 amide bonds. The summed E-state index contributed by atoms with van der Waals surface area (Å²) in [6.07, 6.45) is -4.31. The second-order valence-corrected chi connectivity index (χ2v) is 4.64. The number of hydrogen-bond donors (Lipinski definition) is 2. The Bertz CT molecular complexity index is 565. The molecule has 0 fully saturated rings. The van der Waals surface area contributed by atoms with Gasteiger partial charge in [-0.2, -0.15) is 13.2 Å². The molecule has 10 heteroatoms. The maximum absolute atomic E-state index is 12.7. The van der Waals surface area contributed by atoms with Crippen LogP contribution in [0.15, 0.2) is 12.3 Å². The number of aromatic nitrogens is 1. The summed E-state index contributed by atoms with van der Waals surface area (Å²) in [6, 6.07) is 0.977. The second-order valence-electron chi connectivity index (χ2n) is 3.88. The molecule has 1 aromatic rings. The van der Waals surface area contributed by atoms with Gasteiger partial charge in [0.05, 0.1) is 10.6 Å². The van der Waals surface area contributed by atoms with E-state index in [4.69, 9.17) is 28.3 Å². The molecule has 1 aromatic heterocycles. The van der Waals surface area contributed by atoms with Gasteiger partial charge < -0.3 is 10.4 Å². The van der Waals surface area contributed by atoms with Gasteiger partial charge in [-0.3, -0.25) is 4.79 Å². The van der Waals surface area contributed by atoms with Crippen molar-refractivity contribution < 1.29 is 27.9 Å². The Labute approximate surface area is 120 Å². The van der Waals surface area contributed by atoms with Crippen LogP contribution in [-0.4, -0.2) is 33.7 Å². The van der Waals surface area contributed by atoms with Gasteiger partial charge in [0.1, 0.15) is 5.15 Å². The summed E-state index contributed by atoms with van der Waals surface area (Å²) in [5, 5.41) is 9.77. The Morgan fingerprint density at radius 1 is 1.35 bits per heavy atom. The number of pyridine rings is 1. The standard InChI is InChI=1S/C10H7Cl2F3N2O3/c1-9(8(19)20,10(13,14)15)17-7(18)4-2-5(11)6(12)16-3-4/h2-3H,1H3,(H,17,18)(H,19,20). The topological polar surface area (TPSA) is 79.3 Å². The fraction of sp³-hybridized carbons (Fsp3) is 0.300. The smallest absolute Gasteiger partial charge is 0.422 e. The summed E-state index contributed by atoms with van der Waals surface area (Å²) in [6.45, 7) is 0.332. The lowest BCUT2D eigenvalue weighted by Gasteiger charge is -2.28. The monoisotopic (exact) mass is 330 g/mol. The Kier molecular flexibility index (Phi) is 4.50. The first-order valence-electron chi connectivity index (χ1n) is 4.92. The molecule has 0 saturated carbocycles. The SMILES string of the molecule is CC(NC(=O)c1cnc(Cl)c(Cl)c1)(C(=O)O)C(F)(F)F. The fourth-order valence-corrected chi connectivity index (χ4v) is 1.36. The van der Waals surface area contributed by atoms with Gasteiger partial charge >= 0.3 is 12.1 Å². The highest BCUT2D eigenvalue weighted by molar-refractivity contribution is 6.41. The van der Waals surface area contributed by atoms with Crippen LogP contribution < -0.4 is 5.32 Å². The maximum Gasteiger partial charge on any atom is 0.422 e. The lowest BCUT2D eigenvalue weighted by molar-refractivity contribution is -0.203. The summed E-state index contributed by atoms with van der Waals surface area (Å²) >= 11 is 11.1. The van der Waals surface area contributed by atoms with Crippen LogP contribution in [0.25, 0.3) is 0 Å². The van der Waals surface area contributed by atoms with Crippen LogP contribution >= 0.6 is 23.2 Å². The van der Waals surface area contributed by atoms with E-state index in [1.54, 1.807) is 0 Å². The Balaban J connectivity index is 3.09. The molecule has 20 heavy (non-hydrogen) atoms. The number of carbonyl (C=O) groups is 2. The third-order valence-electron chi connectivity index (χ3n) is 2.42. The van der Waals surface area contributed by atoms with Crippen molar-refractivity contribution in [3.05, 3.63) is 28.0 Å². The van der Waals surface area contributed by atoms with Gasteiger partial charge in [0.15, 0.2) is 0 Å². The molecule has 0 bridgehead atoms. The van der Waals surface area contributed by atoms with Gasteiger partial charge in [-0.1, -0.05) is 23.2 Å². The summed E-state index contributed by atoms with van der Waals surface area (Å²) in [7, 11) is 0. The number of hydrogen-bond acceptors (Lipinski definition) is 3. The molecule has 0 aromatic carbocycles. The normalized spacial score (nSPS) is 14.5. The largest absolute Gasteiger partial charge is 0.479 e. The fourth-order valence-electron chi connectivity index (χ4n) is 1.09. The maximum atomic E-state index is 12.7. The quantitative estimate of drug-likeness (QED) is 0.834. The first-order chi connectivity index (χ1) is 8.99. The molecule has 5 nitrogen and oxygen atoms in total. The van der Waals surface area contributed by atoms with Crippen LogP contribution in [0, 0.1) is 0 Å². The summed E-state index contributed by atoms with van der Waals surface area (Å²) < 4.78 is 38.1. The van der Waals surface area contributed by atoms with Gasteiger partial charge in [-0.25, -0.2) is 9.78 Å². The Morgan fingerprint density at radius 2 is 1.90 bits per heavy atom. The molecule has 2 N–H and O–H groups in total. The number of halogens is 5. The first kappa shape index (κ1) is 16.5. The van der Waals surface area contributed by atoms with Crippen LogP contribution in [0.1, 0.15) is 17.3 Å². The number of nitrogens with zero attached hydrogens (tertiary/aromatic N) is 1. The van der Waals surface area contributed by atoms with Crippen molar-refractivity contribution in [1.82, 2.24) is 10.3 Å². The predicted molar refractivity (Wildman–Crippen MR) is 63.8 cm³/mol. The zero-order valence-electron chi connectivity index (χ0n) is 9.76. The van der Waals surface area contributed by atoms with E-state index in [1.165, 1.54) is 5.32 Å². The van der Waals surface area contributed by atoms with Crippen molar-refractivity contribution in [2.75, 3.05) is 0 Å². The van der Waals surface area contributed by atoms with E-state index in [9.17, 15) is 22.8 Å². The Hall–Kier alpha value is -1.54. The van der Waals surface area contributed by atoms with Crippen LogP contribution in [0.4, 0.5) is 13.2 Å². The molecule has 0 aliphatic heterocycles. The van der Waals surface area contributed by atoms with E-state index in [2.05, 4.69) is 4.98 Å². The van der Waals surface area contributed by atoms with Crippen molar-refractivity contribution in [3.63, 3.8) is 0 Å². The number of amides is 1. The summed E-state index contributed by atoms with van der Waals surface area (Å²) in [4.78, 5) is 25.9. The highest BCUT2D eigenvalue weighted by atomic mass is 35.5. The zero-order chi connectivity index (χ0) is 15.7. The van der Waals surface area contributed by atoms with Crippen LogP contribution in [0.3, 0.4) is 0 Å². The van der Waals surface area contributed by atoms with Gasteiger partial charge in [0, 0.05) is 6.20 Å². The van der Waals surface area contributed by atoms with E-state index in [0.29, 0.717) is 6.92 Å². The lowest BCUT2D eigenvalue weighted by Crippen LogP contribution is -2.61. The number of nitrogens with one attached hydrogen (secondary N) is 1. The molecule has 0 aliphatic carbocycles. The third kappa shape index (κ3) is 3.13. The second kappa shape index (κ2) is 5.45. The van der Waals surface area contributed by atoms with Gasteiger partial charge in [-0.15, -0.1) is 0 Å². The van der Waals surface area contributed by atoms with E-state index in [1.807, 2.05) is 0 Å². The molecular formula is C10H7Cl2F3N2O3. The minimum absolute atomic E-state index is 0.139. The van der Waals surface area contributed by atoms with Gasteiger partial charge in [-0.05, 0) is 13.0 Å². The molecular weight excluding hydrogens is 324 g/mol. The molecule has 1 heterocycles. The average molecular weight is 331 g/mol. The number of aliphatic carboxylic acids is 1. The van der Waals surface area contributed by atoms with Gasteiger partial charge in [0.25, 0.3) is 5.91 Å². The van der Waals surface area contributed by atoms with E-state index < -0.39 is 23.6 Å². The van der Waals surface area contributed by atoms with Gasteiger partial charge in [0.2, 0.25) is 5.54 Å². The lowest BCUT2D eigenvalue weighted by atomic mass is 10.0. The van der Waals surface area contributed by atoms with Crippen molar-refractivity contribution in [2.45, 2.75) is 18.6 Å². The number of carbonyl (C=O) groups excluding carboxylic acids is 1. The minimum atomic E-state index is -5.18. The highest BCUT2D eigenvalue weighted by Gasteiger charge is 2.58. The summed E-state index contributed by atoms with van der Waals surface area (Å²) in [5.74, 6) is -3.54. The summed E-state index contributed by atoms with van der Waals surface area (Å²) in [5.41, 5.74) is -3.79. The molecule has 1 unspecified atom stereocenters. The van der Waals surface area contributed by atoms with Crippen molar-refractivity contribution in [3.8, 4) is 0 Å². The molecule has 110 valence electrons. The van der Waals surface area contributed by atoms with Crippen molar-refractivity contribution >= 4 is 35.1 Å². The average Bonchev–Trinajstić information content (AvgIpc) is 2.30. The van der Waals surface area contributed by atoms with E-state index in [-0.39, 0.29) is 15.7 Å². The molecule has 0 radical (unpaired) electrons. The molecule has 1 atom stereocenters. The van der Waals surface area contributed by atoms with E-state index in [0.717, 1.165) is 12.3 Å². The molecule has 1 rings (SSSR count). The van der Waals surface area contributed by atoms with Crippen molar-refractivity contribution in [2.24, 2.45) is 0 Å². The molecule has 0 saturated heterocycles. The molecule has 0 aliphatic rings. The molecule has 0 spiro atoms. The minimum Gasteiger partial charge on any atom is -0.479 e. The number of carboxylic acid groups (broad SMARTS) is 1. The van der Waals surface area contributed by atoms with Crippen LogP contribution in [0.2, 0.25) is 10.2 Å². The third-order valence-corrected chi connectivity index (χ3v) is 3.10. The predicted octanol–water partition coefficient (Wildman–Crippen LogP) is 2.52. The number of alkyl halides is 3. The highest BCUT2D eigenvalue weighted by Crippen LogP contribution is 2.31. The first-order valence-corrected chi connectivity index (χ1v) is 5.68. The zero-order valence-corrected chi connectivity index (χ0v) is 11.3. The van der Waals surface area contributed by atoms with Crippen LogP contribution in [0.5, 0.6) is 0 Å². The Morgan fingerprint density at radius 3 is 2.30 bits per heavy atom.